The van der Waals surface area contributed by atoms with Crippen LogP contribution < -0.4 is 20.5 Å². The number of nitrogens with two attached hydrogens (primary N) is 1. The van der Waals surface area contributed by atoms with Gasteiger partial charge in [0, 0.05) is 12.1 Å². The minimum absolute atomic E-state index is 0.0269. The number of carboxylic acid groups (broad SMARTS) is 1. The quantitative estimate of drug-likeness (QED) is 0.594. The Morgan fingerprint density at radius 2 is 1.96 bits per heavy atom. The SMILES string of the molecule is O=C(C[C@H]([NH2+]CCC1=CCCCC1)C(=O)[O-])Nc1ccc(OC(F)F)cc1. The number of amides is 1. The molecule has 0 heterocycles. The van der Waals surface area contributed by atoms with Crippen molar-refractivity contribution >= 4 is 17.6 Å². The number of hydrogen-bond acceptors (Lipinski definition) is 4. The van der Waals surface area contributed by atoms with Crippen LogP contribution in [-0.4, -0.2) is 31.1 Å². The Morgan fingerprint density at radius 1 is 1.22 bits per heavy atom. The van der Waals surface area contributed by atoms with E-state index >= 15 is 0 Å². The first-order chi connectivity index (χ1) is 12.9. The monoisotopic (exact) mass is 382 g/mol. The van der Waals surface area contributed by atoms with Crippen molar-refractivity contribution in [2.45, 2.75) is 51.2 Å². The summed E-state index contributed by atoms with van der Waals surface area (Å²) in [5.41, 5.74) is 1.70. The van der Waals surface area contributed by atoms with Gasteiger partial charge >= 0.3 is 6.61 Å². The highest BCUT2D eigenvalue weighted by molar-refractivity contribution is 5.93. The molecular formula is C19H24F2N2O4. The van der Waals surface area contributed by atoms with E-state index in [1.807, 2.05) is 0 Å². The highest BCUT2D eigenvalue weighted by Gasteiger charge is 2.18. The average Bonchev–Trinajstić information content (AvgIpc) is 2.63. The number of allylic oxidation sites excluding steroid dienone is 1. The van der Waals surface area contributed by atoms with Gasteiger partial charge in [0.25, 0.3) is 0 Å². The highest BCUT2D eigenvalue weighted by Crippen LogP contribution is 2.19. The van der Waals surface area contributed by atoms with E-state index in [-0.39, 0.29) is 12.2 Å². The van der Waals surface area contributed by atoms with Crippen molar-refractivity contribution in [1.29, 1.82) is 0 Å². The van der Waals surface area contributed by atoms with E-state index < -0.39 is 24.5 Å². The number of halogens is 2. The van der Waals surface area contributed by atoms with Crippen LogP contribution in [0.15, 0.2) is 35.9 Å². The van der Waals surface area contributed by atoms with Gasteiger partial charge in [-0.25, -0.2) is 0 Å². The van der Waals surface area contributed by atoms with Gasteiger partial charge in [-0.05, 0) is 49.9 Å². The van der Waals surface area contributed by atoms with Gasteiger partial charge in [0.05, 0.1) is 18.9 Å². The lowest BCUT2D eigenvalue weighted by atomic mass is 9.97. The first-order valence-electron chi connectivity index (χ1n) is 9.01. The summed E-state index contributed by atoms with van der Waals surface area (Å²) in [5.74, 6) is -1.80. The molecule has 0 saturated heterocycles. The molecule has 148 valence electrons. The number of aliphatic carboxylic acids is 1. The Labute approximate surface area is 156 Å². The lowest BCUT2D eigenvalue weighted by Gasteiger charge is -2.18. The van der Waals surface area contributed by atoms with Crippen LogP contribution in [-0.2, 0) is 9.59 Å². The molecule has 8 heteroatoms. The largest absolute Gasteiger partial charge is 0.544 e. The Bertz CT molecular complexity index is 662. The summed E-state index contributed by atoms with van der Waals surface area (Å²) in [5, 5.41) is 15.5. The van der Waals surface area contributed by atoms with Gasteiger partial charge in [0.2, 0.25) is 5.91 Å². The number of hydrogen-bond donors (Lipinski definition) is 2. The zero-order chi connectivity index (χ0) is 19.6. The minimum atomic E-state index is -2.92. The average molecular weight is 382 g/mol. The zero-order valence-electron chi connectivity index (χ0n) is 15.0. The Balaban J connectivity index is 1.79. The lowest BCUT2D eigenvalue weighted by Crippen LogP contribution is -2.93. The maximum absolute atomic E-state index is 12.1. The second kappa shape index (κ2) is 10.6. The van der Waals surface area contributed by atoms with E-state index in [4.69, 9.17) is 0 Å². The smallest absolute Gasteiger partial charge is 0.387 e. The van der Waals surface area contributed by atoms with Gasteiger partial charge in [-0.3, -0.25) is 4.79 Å². The predicted molar refractivity (Wildman–Crippen MR) is 93.1 cm³/mol. The number of rotatable bonds is 10. The van der Waals surface area contributed by atoms with Gasteiger partial charge in [-0.2, -0.15) is 8.78 Å². The van der Waals surface area contributed by atoms with E-state index in [2.05, 4.69) is 16.1 Å². The second-order valence-corrected chi connectivity index (χ2v) is 6.46. The van der Waals surface area contributed by atoms with Gasteiger partial charge in [0.1, 0.15) is 11.8 Å². The molecule has 0 radical (unpaired) electrons. The fourth-order valence-electron chi connectivity index (χ4n) is 3.00. The van der Waals surface area contributed by atoms with Gasteiger partial charge in [-0.1, -0.05) is 11.6 Å². The Hall–Kier alpha value is -2.48. The molecule has 1 aromatic carbocycles. The molecule has 6 nitrogen and oxygen atoms in total. The number of ether oxygens (including phenoxy) is 1. The summed E-state index contributed by atoms with van der Waals surface area (Å²) in [7, 11) is 0. The van der Waals surface area contributed by atoms with Crippen molar-refractivity contribution in [2.24, 2.45) is 0 Å². The van der Waals surface area contributed by atoms with Crippen LogP contribution in [0.4, 0.5) is 14.5 Å². The zero-order valence-corrected chi connectivity index (χ0v) is 15.0. The predicted octanol–water partition coefficient (Wildman–Crippen LogP) is 1.19. The second-order valence-electron chi connectivity index (χ2n) is 6.46. The molecular weight excluding hydrogens is 358 g/mol. The molecule has 0 bridgehead atoms. The molecule has 1 aliphatic rings. The fourth-order valence-corrected chi connectivity index (χ4v) is 3.00. The van der Waals surface area contributed by atoms with Crippen LogP contribution in [0.3, 0.4) is 0 Å². The van der Waals surface area contributed by atoms with Crippen LogP contribution in [0, 0.1) is 0 Å². The van der Waals surface area contributed by atoms with Crippen LogP contribution in [0.5, 0.6) is 5.75 Å². The topological polar surface area (TPSA) is 95.1 Å². The van der Waals surface area contributed by atoms with Crippen LogP contribution in [0.2, 0.25) is 0 Å². The minimum Gasteiger partial charge on any atom is -0.544 e. The molecule has 0 unspecified atom stereocenters. The first-order valence-corrected chi connectivity index (χ1v) is 9.01. The van der Waals surface area contributed by atoms with Gasteiger partial charge in [0.15, 0.2) is 0 Å². The molecule has 2 rings (SSSR count). The van der Waals surface area contributed by atoms with Crippen molar-refractivity contribution in [2.75, 3.05) is 11.9 Å². The van der Waals surface area contributed by atoms with Crippen molar-refractivity contribution in [3.63, 3.8) is 0 Å². The molecule has 0 aliphatic heterocycles. The number of nitrogens with one attached hydrogen (secondary N) is 1. The maximum Gasteiger partial charge on any atom is 0.387 e. The Morgan fingerprint density at radius 3 is 2.56 bits per heavy atom. The molecule has 1 atom stereocenters. The molecule has 0 fully saturated rings. The molecule has 27 heavy (non-hydrogen) atoms. The third-order valence-corrected chi connectivity index (χ3v) is 4.37. The number of carbonyl (C=O) groups excluding carboxylic acids is 2. The summed E-state index contributed by atoms with van der Waals surface area (Å²) in [6.07, 6.45) is 7.26. The number of alkyl halides is 2. The molecule has 0 saturated carbocycles. The third-order valence-electron chi connectivity index (χ3n) is 4.37. The summed E-state index contributed by atoms with van der Waals surface area (Å²) >= 11 is 0. The first kappa shape index (κ1) is 20.8. The van der Waals surface area contributed by atoms with E-state index in [1.54, 1.807) is 5.32 Å². The number of carboxylic acids is 1. The van der Waals surface area contributed by atoms with Crippen molar-refractivity contribution in [3.05, 3.63) is 35.9 Å². The number of carbonyl (C=O) groups is 2. The Kier molecular flexibility index (Phi) is 8.19. The summed E-state index contributed by atoms with van der Waals surface area (Å²) in [6.45, 7) is -2.34. The lowest BCUT2D eigenvalue weighted by molar-refractivity contribution is -0.682. The van der Waals surface area contributed by atoms with Crippen LogP contribution >= 0.6 is 0 Å². The number of anilines is 1. The third kappa shape index (κ3) is 7.74. The molecule has 0 spiro atoms. The number of quaternary nitrogens is 1. The van der Waals surface area contributed by atoms with Crippen molar-refractivity contribution in [3.8, 4) is 5.75 Å². The summed E-state index contributed by atoms with van der Waals surface area (Å²) in [6, 6.07) is 4.42. The van der Waals surface area contributed by atoms with E-state index in [9.17, 15) is 23.5 Å². The van der Waals surface area contributed by atoms with Crippen LogP contribution in [0.25, 0.3) is 0 Å². The molecule has 3 N–H and O–H groups in total. The molecule has 1 aromatic rings. The number of benzene rings is 1. The van der Waals surface area contributed by atoms with E-state index in [1.165, 1.54) is 42.7 Å². The van der Waals surface area contributed by atoms with E-state index in [0.29, 0.717) is 12.2 Å². The van der Waals surface area contributed by atoms with Gasteiger partial charge in [-0.15, -0.1) is 0 Å². The molecule has 1 amide bonds. The molecule has 0 aromatic heterocycles. The highest BCUT2D eigenvalue weighted by atomic mass is 19.3. The normalized spacial score (nSPS) is 15.1. The summed E-state index contributed by atoms with van der Waals surface area (Å²) < 4.78 is 28.4. The fraction of sp³-hybridized carbons (Fsp3) is 0.474. The maximum atomic E-state index is 12.1. The van der Waals surface area contributed by atoms with Crippen molar-refractivity contribution in [1.82, 2.24) is 0 Å². The van der Waals surface area contributed by atoms with E-state index in [0.717, 1.165) is 19.3 Å². The van der Waals surface area contributed by atoms with Gasteiger partial charge < -0.3 is 25.3 Å². The molecule has 1 aliphatic carbocycles. The summed E-state index contributed by atoms with van der Waals surface area (Å²) in [4.78, 5) is 23.4. The van der Waals surface area contributed by atoms with Crippen molar-refractivity contribution < 1.29 is 33.5 Å². The standard InChI is InChI=1S/C19H24F2N2O4/c20-19(21)27-15-8-6-14(7-9-15)23-17(24)12-16(18(25)26)22-11-10-13-4-2-1-3-5-13/h4,6-9,16,19,22H,1-3,5,10-12H2,(H,23,24)(H,25,26)/t16-/m0/s1. The van der Waals surface area contributed by atoms with Crippen LogP contribution in [0.1, 0.15) is 38.5 Å².